The Morgan fingerprint density at radius 2 is 2.47 bits per heavy atom. The molecule has 2 aromatic heterocycles. The summed E-state index contributed by atoms with van der Waals surface area (Å²) >= 11 is 0. The molecule has 0 aromatic carbocycles. The Morgan fingerprint density at radius 1 is 1.65 bits per heavy atom. The van der Waals surface area contributed by atoms with Gasteiger partial charge >= 0.3 is 0 Å². The molecular weight excluding hydrogens is 220 g/mol. The van der Waals surface area contributed by atoms with Gasteiger partial charge in [-0.15, -0.1) is 6.58 Å². The van der Waals surface area contributed by atoms with Crippen LogP contribution in [0.4, 0.5) is 0 Å². The van der Waals surface area contributed by atoms with Gasteiger partial charge in [-0.1, -0.05) is 11.2 Å². The molecule has 17 heavy (non-hydrogen) atoms. The standard InChI is InChI=1S/C12H12N2O3/c1-3-6-13-12(15)10-8(2)17-14-11(10)9-5-4-7-16-9/h3-5,7H,1,6H2,2H3,(H,13,15). The fourth-order valence-corrected chi connectivity index (χ4v) is 1.47. The zero-order valence-corrected chi connectivity index (χ0v) is 9.40. The Kier molecular flexibility index (Phi) is 3.09. The number of carbonyl (C=O) groups is 1. The molecule has 0 bridgehead atoms. The molecule has 0 fully saturated rings. The molecule has 0 aliphatic rings. The molecule has 0 radical (unpaired) electrons. The molecule has 2 aromatic rings. The van der Waals surface area contributed by atoms with Crippen molar-refractivity contribution < 1.29 is 13.7 Å². The van der Waals surface area contributed by atoms with Crippen LogP contribution in [0, 0.1) is 6.92 Å². The van der Waals surface area contributed by atoms with Gasteiger partial charge in [0, 0.05) is 6.54 Å². The average molecular weight is 232 g/mol. The minimum atomic E-state index is -0.255. The van der Waals surface area contributed by atoms with Gasteiger partial charge in [-0.05, 0) is 19.1 Å². The van der Waals surface area contributed by atoms with Crippen molar-refractivity contribution in [1.29, 1.82) is 0 Å². The third kappa shape index (κ3) is 2.13. The Hall–Kier alpha value is -2.30. The quantitative estimate of drug-likeness (QED) is 0.820. The Balaban J connectivity index is 2.36. The molecule has 0 saturated carbocycles. The number of nitrogens with one attached hydrogen (secondary N) is 1. The summed E-state index contributed by atoms with van der Waals surface area (Å²) in [5.41, 5.74) is 0.802. The van der Waals surface area contributed by atoms with E-state index in [9.17, 15) is 4.79 Å². The van der Waals surface area contributed by atoms with E-state index < -0.39 is 0 Å². The van der Waals surface area contributed by atoms with Crippen molar-refractivity contribution in [3.63, 3.8) is 0 Å². The molecule has 1 N–H and O–H groups in total. The Bertz CT molecular complexity index is 526. The van der Waals surface area contributed by atoms with Crippen molar-refractivity contribution in [3.8, 4) is 11.5 Å². The summed E-state index contributed by atoms with van der Waals surface area (Å²) in [4.78, 5) is 11.9. The number of carbonyl (C=O) groups excluding carboxylic acids is 1. The number of rotatable bonds is 4. The summed E-state index contributed by atoms with van der Waals surface area (Å²) in [6, 6.07) is 3.45. The number of aryl methyl sites for hydroxylation is 1. The number of amides is 1. The maximum Gasteiger partial charge on any atom is 0.257 e. The van der Waals surface area contributed by atoms with E-state index >= 15 is 0 Å². The Morgan fingerprint density at radius 3 is 3.12 bits per heavy atom. The van der Waals surface area contributed by atoms with Gasteiger partial charge in [0.05, 0.1) is 6.26 Å². The van der Waals surface area contributed by atoms with Crippen LogP contribution in [0.25, 0.3) is 11.5 Å². The highest BCUT2D eigenvalue weighted by Gasteiger charge is 2.22. The van der Waals surface area contributed by atoms with Crippen LogP contribution < -0.4 is 5.32 Å². The van der Waals surface area contributed by atoms with E-state index in [1.165, 1.54) is 6.26 Å². The maximum atomic E-state index is 11.9. The largest absolute Gasteiger partial charge is 0.463 e. The molecule has 88 valence electrons. The first-order valence-electron chi connectivity index (χ1n) is 5.13. The van der Waals surface area contributed by atoms with E-state index in [1.807, 2.05) is 0 Å². The molecule has 5 nitrogen and oxygen atoms in total. The number of hydrogen-bond acceptors (Lipinski definition) is 4. The van der Waals surface area contributed by atoms with Crippen LogP contribution >= 0.6 is 0 Å². The lowest BCUT2D eigenvalue weighted by atomic mass is 10.1. The number of hydrogen-bond donors (Lipinski definition) is 1. The van der Waals surface area contributed by atoms with E-state index in [0.717, 1.165) is 0 Å². The predicted molar refractivity (Wildman–Crippen MR) is 61.5 cm³/mol. The van der Waals surface area contributed by atoms with E-state index in [1.54, 1.807) is 25.1 Å². The van der Waals surface area contributed by atoms with Crippen LogP contribution in [0.15, 0.2) is 40.0 Å². The summed E-state index contributed by atoms with van der Waals surface area (Å²) in [5, 5.41) is 6.51. The third-order valence-corrected chi connectivity index (χ3v) is 2.25. The van der Waals surface area contributed by atoms with E-state index in [0.29, 0.717) is 29.3 Å². The van der Waals surface area contributed by atoms with Gasteiger partial charge in [-0.25, -0.2) is 0 Å². The third-order valence-electron chi connectivity index (χ3n) is 2.25. The van der Waals surface area contributed by atoms with Gasteiger partial charge in [-0.3, -0.25) is 4.79 Å². The van der Waals surface area contributed by atoms with Crippen LogP contribution in [0.5, 0.6) is 0 Å². The maximum absolute atomic E-state index is 11.9. The molecule has 0 saturated heterocycles. The topological polar surface area (TPSA) is 68.3 Å². The van der Waals surface area contributed by atoms with E-state index in [4.69, 9.17) is 8.94 Å². The van der Waals surface area contributed by atoms with Crippen molar-refractivity contribution in [3.05, 3.63) is 42.4 Å². The number of furan rings is 1. The molecular formula is C12H12N2O3. The van der Waals surface area contributed by atoms with Gasteiger partial charge in [-0.2, -0.15) is 0 Å². The molecule has 1 amide bonds. The summed E-state index contributed by atoms with van der Waals surface area (Å²) < 4.78 is 10.2. The predicted octanol–water partition coefficient (Wildman–Crippen LogP) is 2.16. The van der Waals surface area contributed by atoms with Gasteiger partial charge in [0.15, 0.2) is 11.5 Å². The normalized spacial score (nSPS) is 10.2. The van der Waals surface area contributed by atoms with Gasteiger partial charge in [0.1, 0.15) is 11.3 Å². The Labute approximate surface area is 98.1 Å². The molecule has 0 aliphatic heterocycles. The highest BCUT2D eigenvalue weighted by atomic mass is 16.5. The van der Waals surface area contributed by atoms with Crippen molar-refractivity contribution in [1.82, 2.24) is 10.5 Å². The molecule has 0 atom stereocenters. The fourth-order valence-electron chi connectivity index (χ4n) is 1.47. The first kappa shape index (κ1) is 11.2. The lowest BCUT2D eigenvalue weighted by molar-refractivity contribution is 0.0957. The van der Waals surface area contributed by atoms with Crippen LogP contribution in [0.1, 0.15) is 16.1 Å². The highest BCUT2D eigenvalue weighted by Crippen LogP contribution is 2.25. The molecule has 0 unspecified atom stereocenters. The number of nitrogens with zero attached hydrogens (tertiary/aromatic N) is 1. The lowest BCUT2D eigenvalue weighted by Crippen LogP contribution is -2.24. The first-order valence-corrected chi connectivity index (χ1v) is 5.13. The van der Waals surface area contributed by atoms with Crippen molar-refractivity contribution in [2.75, 3.05) is 6.54 Å². The minimum absolute atomic E-state index is 0.255. The van der Waals surface area contributed by atoms with Gasteiger partial charge in [0.2, 0.25) is 0 Å². The van der Waals surface area contributed by atoms with Crippen LogP contribution in [0.2, 0.25) is 0 Å². The van der Waals surface area contributed by atoms with Crippen LogP contribution in [-0.2, 0) is 0 Å². The lowest BCUT2D eigenvalue weighted by Gasteiger charge is -2.01. The summed E-state index contributed by atoms with van der Waals surface area (Å²) in [6.45, 7) is 5.61. The summed E-state index contributed by atoms with van der Waals surface area (Å²) in [7, 11) is 0. The zero-order valence-electron chi connectivity index (χ0n) is 9.40. The van der Waals surface area contributed by atoms with Crippen LogP contribution in [0.3, 0.4) is 0 Å². The SMILES string of the molecule is C=CCNC(=O)c1c(-c2ccco2)noc1C. The van der Waals surface area contributed by atoms with Crippen LogP contribution in [-0.4, -0.2) is 17.6 Å². The van der Waals surface area contributed by atoms with Crippen molar-refractivity contribution in [2.45, 2.75) is 6.92 Å². The number of aromatic nitrogens is 1. The summed E-state index contributed by atoms with van der Waals surface area (Å²) in [6.07, 6.45) is 3.12. The second kappa shape index (κ2) is 4.69. The average Bonchev–Trinajstić information content (AvgIpc) is 2.94. The molecule has 2 rings (SSSR count). The first-order chi connectivity index (χ1) is 8.24. The zero-order chi connectivity index (χ0) is 12.3. The second-order valence-electron chi connectivity index (χ2n) is 3.44. The van der Waals surface area contributed by atoms with Gasteiger partial charge in [0.25, 0.3) is 5.91 Å². The van der Waals surface area contributed by atoms with Gasteiger partial charge < -0.3 is 14.3 Å². The second-order valence-corrected chi connectivity index (χ2v) is 3.44. The molecule has 0 spiro atoms. The van der Waals surface area contributed by atoms with E-state index in [-0.39, 0.29) is 5.91 Å². The highest BCUT2D eigenvalue weighted by molar-refractivity contribution is 6.00. The molecule has 5 heteroatoms. The van der Waals surface area contributed by atoms with Crippen molar-refractivity contribution in [2.24, 2.45) is 0 Å². The monoisotopic (exact) mass is 232 g/mol. The smallest absolute Gasteiger partial charge is 0.257 e. The minimum Gasteiger partial charge on any atom is -0.463 e. The van der Waals surface area contributed by atoms with Crippen molar-refractivity contribution >= 4 is 5.91 Å². The van der Waals surface area contributed by atoms with E-state index in [2.05, 4.69) is 17.1 Å². The molecule has 2 heterocycles. The summed E-state index contributed by atoms with van der Waals surface area (Å²) in [5.74, 6) is 0.707. The molecule has 0 aliphatic carbocycles. The fraction of sp³-hybridized carbons (Fsp3) is 0.167.